The smallest absolute Gasteiger partial charge is 0.320 e. The van der Waals surface area contributed by atoms with Crippen LogP contribution in [0, 0.1) is 17.0 Å². The second kappa shape index (κ2) is 5.00. The van der Waals surface area contributed by atoms with Crippen molar-refractivity contribution in [1.82, 2.24) is 0 Å². The minimum atomic E-state index is -4.01. The van der Waals surface area contributed by atoms with Gasteiger partial charge in [0.05, 0.1) is 10.6 Å². The highest BCUT2D eigenvalue weighted by Gasteiger charge is 2.17. The van der Waals surface area contributed by atoms with Gasteiger partial charge in [0.25, 0.3) is 5.69 Å². The number of carboxylic acid groups (broad SMARTS) is 1. The van der Waals surface area contributed by atoms with Crippen molar-refractivity contribution in [2.75, 3.05) is 10.5 Å². The third kappa shape index (κ3) is 3.70. The Balaban J connectivity index is 2.99. The fourth-order valence-electron chi connectivity index (χ4n) is 1.24. The van der Waals surface area contributed by atoms with E-state index in [1.165, 1.54) is 19.1 Å². The zero-order valence-corrected chi connectivity index (χ0v) is 10.1. The van der Waals surface area contributed by atoms with E-state index >= 15 is 0 Å². The van der Waals surface area contributed by atoms with Gasteiger partial charge in [-0.3, -0.25) is 19.6 Å². The molecule has 8 nitrogen and oxygen atoms in total. The van der Waals surface area contributed by atoms with E-state index < -0.39 is 26.7 Å². The molecule has 0 atom stereocenters. The maximum Gasteiger partial charge on any atom is 0.320 e. The van der Waals surface area contributed by atoms with E-state index in [2.05, 4.69) is 4.72 Å². The summed E-state index contributed by atoms with van der Waals surface area (Å²) in [7, 11) is -4.01. The third-order valence-electron chi connectivity index (χ3n) is 2.00. The lowest BCUT2D eigenvalue weighted by atomic mass is 10.2. The maximum absolute atomic E-state index is 11.4. The third-order valence-corrected chi connectivity index (χ3v) is 3.16. The molecule has 0 aromatic heterocycles. The van der Waals surface area contributed by atoms with Gasteiger partial charge in [-0.1, -0.05) is 0 Å². The molecule has 1 aromatic carbocycles. The number of nitro benzene ring substituents is 1. The lowest BCUT2D eigenvalue weighted by Gasteiger charge is -2.08. The minimum Gasteiger partial charge on any atom is -0.480 e. The van der Waals surface area contributed by atoms with Crippen molar-refractivity contribution in [3.05, 3.63) is 33.9 Å². The van der Waals surface area contributed by atoms with Crippen LogP contribution < -0.4 is 4.72 Å². The zero-order valence-electron chi connectivity index (χ0n) is 9.28. The van der Waals surface area contributed by atoms with Crippen molar-refractivity contribution in [3.63, 3.8) is 0 Å². The van der Waals surface area contributed by atoms with Crippen LogP contribution in [0.1, 0.15) is 5.56 Å². The average Bonchev–Trinajstić information content (AvgIpc) is 2.18. The first-order chi connectivity index (χ1) is 8.21. The van der Waals surface area contributed by atoms with Crippen molar-refractivity contribution in [3.8, 4) is 0 Å². The van der Waals surface area contributed by atoms with Crippen LogP contribution in [0.2, 0.25) is 0 Å². The molecule has 1 aromatic rings. The monoisotopic (exact) mass is 274 g/mol. The predicted molar refractivity (Wildman–Crippen MR) is 62.9 cm³/mol. The van der Waals surface area contributed by atoms with Gasteiger partial charge in [-0.15, -0.1) is 0 Å². The number of carboxylic acids is 1. The molecular weight excluding hydrogens is 264 g/mol. The number of benzene rings is 1. The number of carbonyl (C=O) groups is 1. The summed E-state index contributed by atoms with van der Waals surface area (Å²) < 4.78 is 24.8. The highest BCUT2D eigenvalue weighted by Crippen LogP contribution is 2.22. The average molecular weight is 274 g/mol. The van der Waals surface area contributed by atoms with Crippen LogP contribution in [-0.4, -0.2) is 30.2 Å². The van der Waals surface area contributed by atoms with Gasteiger partial charge in [-0.2, -0.15) is 0 Å². The molecule has 0 unspecified atom stereocenters. The first-order valence-corrected chi connectivity index (χ1v) is 6.34. The molecule has 0 aliphatic carbocycles. The summed E-state index contributed by atoms with van der Waals surface area (Å²) >= 11 is 0. The minimum absolute atomic E-state index is 0.113. The van der Waals surface area contributed by atoms with Crippen molar-refractivity contribution in [2.24, 2.45) is 0 Å². The highest BCUT2D eigenvalue weighted by atomic mass is 32.2. The van der Waals surface area contributed by atoms with Crippen molar-refractivity contribution < 1.29 is 23.2 Å². The van der Waals surface area contributed by atoms with Crippen LogP contribution in [0.3, 0.4) is 0 Å². The van der Waals surface area contributed by atoms with Gasteiger partial charge < -0.3 is 5.11 Å². The molecule has 2 N–H and O–H groups in total. The Bertz CT molecular complexity index is 595. The normalized spacial score (nSPS) is 10.9. The molecule has 98 valence electrons. The quantitative estimate of drug-likeness (QED) is 0.602. The number of nitrogens with one attached hydrogen (secondary N) is 1. The molecular formula is C9H10N2O6S. The lowest BCUT2D eigenvalue weighted by molar-refractivity contribution is -0.384. The Morgan fingerprint density at radius 1 is 1.50 bits per heavy atom. The number of hydrogen-bond acceptors (Lipinski definition) is 5. The van der Waals surface area contributed by atoms with Gasteiger partial charge in [0.2, 0.25) is 10.0 Å². The Morgan fingerprint density at radius 2 is 2.11 bits per heavy atom. The molecule has 0 spiro atoms. The highest BCUT2D eigenvalue weighted by molar-refractivity contribution is 7.93. The molecule has 0 fully saturated rings. The van der Waals surface area contributed by atoms with E-state index in [-0.39, 0.29) is 11.4 Å². The van der Waals surface area contributed by atoms with E-state index in [0.29, 0.717) is 5.56 Å². The van der Waals surface area contributed by atoms with Gasteiger partial charge in [-0.25, -0.2) is 8.42 Å². The summed E-state index contributed by atoms with van der Waals surface area (Å²) in [6, 6.07) is 3.54. The Morgan fingerprint density at radius 3 is 2.56 bits per heavy atom. The Labute approximate surface area is 102 Å². The molecule has 0 radical (unpaired) electrons. The van der Waals surface area contributed by atoms with Crippen molar-refractivity contribution in [1.29, 1.82) is 0 Å². The number of anilines is 1. The summed E-state index contributed by atoms with van der Waals surface area (Å²) in [5, 5.41) is 18.9. The second-order valence-corrected chi connectivity index (χ2v) is 5.23. The first-order valence-electron chi connectivity index (χ1n) is 4.68. The number of hydrogen-bond donors (Lipinski definition) is 2. The van der Waals surface area contributed by atoms with Crippen LogP contribution >= 0.6 is 0 Å². The number of non-ortho nitro benzene ring substituents is 1. The zero-order chi connectivity index (χ0) is 13.9. The molecule has 0 bridgehead atoms. The van der Waals surface area contributed by atoms with E-state index in [9.17, 15) is 23.3 Å². The molecule has 0 heterocycles. The van der Waals surface area contributed by atoms with Crippen LogP contribution in [-0.2, 0) is 14.8 Å². The lowest BCUT2D eigenvalue weighted by Crippen LogP contribution is -2.22. The number of rotatable bonds is 5. The molecule has 0 saturated heterocycles. The summed E-state index contributed by atoms with van der Waals surface area (Å²) in [5.74, 6) is -2.55. The predicted octanol–water partition coefficient (Wildman–Crippen LogP) is 0.730. The van der Waals surface area contributed by atoms with Gasteiger partial charge in [0.15, 0.2) is 5.75 Å². The van der Waals surface area contributed by atoms with Gasteiger partial charge >= 0.3 is 5.97 Å². The molecule has 1 rings (SSSR count). The number of aryl methyl sites for hydroxylation is 1. The van der Waals surface area contributed by atoms with Gasteiger partial charge in [0, 0.05) is 12.1 Å². The van der Waals surface area contributed by atoms with Crippen LogP contribution in [0.15, 0.2) is 18.2 Å². The molecule has 9 heteroatoms. The summed E-state index contributed by atoms with van der Waals surface area (Å²) in [5.41, 5.74) is 0.272. The van der Waals surface area contributed by atoms with Crippen LogP contribution in [0.4, 0.5) is 11.4 Å². The summed E-state index contributed by atoms with van der Waals surface area (Å²) in [6.07, 6.45) is 0. The van der Waals surface area contributed by atoms with Gasteiger partial charge in [0.1, 0.15) is 0 Å². The van der Waals surface area contributed by atoms with Crippen LogP contribution in [0.5, 0.6) is 0 Å². The van der Waals surface area contributed by atoms with E-state index in [4.69, 9.17) is 5.11 Å². The second-order valence-electron chi connectivity index (χ2n) is 3.51. The summed E-state index contributed by atoms with van der Waals surface area (Å²) in [6.45, 7) is 1.48. The first kappa shape index (κ1) is 13.9. The van der Waals surface area contributed by atoms with Crippen molar-refractivity contribution >= 4 is 27.4 Å². The number of nitrogens with zero attached hydrogens (tertiary/aromatic N) is 1. The fraction of sp³-hybridized carbons (Fsp3) is 0.222. The molecule has 18 heavy (non-hydrogen) atoms. The number of aliphatic carboxylic acids is 1. The van der Waals surface area contributed by atoms with E-state index in [0.717, 1.165) is 6.07 Å². The molecule has 0 saturated carbocycles. The van der Waals surface area contributed by atoms with E-state index in [1.54, 1.807) is 0 Å². The SMILES string of the molecule is Cc1cc([N+](=O)[O-])ccc1NS(=O)(=O)CC(=O)O. The Hall–Kier alpha value is -2.16. The van der Waals surface area contributed by atoms with Crippen LogP contribution in [0.25, 0.3) is 0 Å². The maximum atomic E-state index is 11.4. The number of nitro groups is 1. The molecule has 0 aliphatic rings. The van der Waals surface area contributed by atoms with E-state index in [1.807, 2.05) is 0 Å². The van der Waals surface area contributed by atoms with Gasteiger partial charge in [-0.05, 0) is 18.6 Å². The summed E-state index contributed by atoms with van der Waals surface area (Å²) in [4.78, 5) is 20.2. The van der Waals surface area contributed by atoms with Crippen molar-refractivity contribution in [2.45, 2.75) is 6.92 Å². The standard InChI is InChI=1S/C9H10N2O6S/c1-6-4-7(11(14)15)2-3-8(6)10-18(16,17)5-9(12)13/h2-4,10H,5H2,1H3,(H,12,13). The topological polar surface area (TPSA) is 127 Å². The largest absolute Gasteiger partial charge is 0.480 e. The number of sulfonamides is 1. The fourth-order valence-corrected chi connectivity index (χ4v) is 2.20. The molecule has 0 amide bonds. The Kier molecular flexibility index (Phi) is 3.86. The molecule has 0 aliphatic heterocycles.